The summed E-state index contributed by atoms with van der Waals surface area (Å²) in [6.45, 7) is 1.37. The Morgan fingerprint density at radius 2 is 1.82 bits per heavy atom. The number of hydrogen-bond acceptors (Lipinski definition) is 4. The molecular formula is C9H9Br2NO5. The average molecular weight is 371 g/mol. The van der Waals surface area contributed by atoms with E-state index < -0.39 is 23.9 Å². The minimum absolute atomic E-state index is 0.0134. The van der Waals surface area contributed by atoms with Crippen LogP contribution in [0.4, 0.5) is 0 Å². The van der Waals surface area contributed by atoms with Crippen molar-refractivity contribution in [2.75, 3.05) is 13.2 Å². The molecule has 1 aliphatic heterocycles. The molecule has 2 amide bonds. The van der Waals surface area contributed by atoms with E-state index in [0.717, 1.165) is 4.90 Å². The van der Waals surface area contributed by atoms with E-state index in [-0.39, 0.29) is 22.1 Å². The molecule has 0 radical (unpaired) electrons. The predicted octanol–water partition coefficient (Wildman–Crippen LogP) is 0.846. The molecular weight excluding hydrogens is 362 g/mol. The molecule has 0 aromatic heterocycles. The van der Waals surface area contributed by atoms with Crippen LogP contribution < -0.4 is 0 Å². The van der Waals surface area contributed by atoms with Crippen molar-refractivity contribution >= 4 is 49.6 Å². The second-order valence-corrected chi connectivity index (χ2v) is 4.83. The first-order chi connectivity index (χ1) is 7.86. The van der Waals surface area contributed by atoms with Gasteiger partial charge in [0.1, 0.15) is 8.96 Å². The lowest BCUT2D eigenvalue weighted by Gasteiger charge is -2.15. The van der Waals surface area contributed by atoms with Crippen molar-refractivity contribution in [1.82, 2.24) is 4.90 Å². The van der Waals surface area contributed by atoms with Gasteiger partial charge in [-0.1, -0.05) is 0 Å². The lowest BCUT2D eigenvalue weighted by molar-refractivity contribution is -0.149. The molecule has 0 spiro atoms. The summed E-state index contributed by atoms with van der Waals surface area (Å²) >= 11 is 5.96. The van der Waals surface area contributed by atoms with Crippen LogP contribution in [-0.4, -0.2) is 47.0 Å². The molecule has 0 fully saturated rings. The number of amides is 2. The summed E-state index contributed by atoms with van der Waals surface area (Å²) < 4.78 is 5.26. The molecule has 1 unspecified atom stereocenters. The van der Waals surface area contributed by atoms with Gasteiger partial charge in [-0.15, -0.1) is 0 Å². The van der Waals surface area contributed by atoms with Gasteiger partial charge in [0.25, 0.3) is 11.8 Å². The number of nitrogens with zero attached hydrogens (tertiary/aromatic N) is 1. The highest BCUT2D eigenvalue weighted by atomic mass is 79.9. The number of rotatable bonds is 5. The van der Waals surface area contributed by atoms with Crippen molar-refractivity contribution in [1.29, 1.82) is 0 Å². The van der Waals surface area contributed by atoms with Crippen LogP contribution in [0.15, 0.2) is 8.96 Å². The third-order valence-electron chi connectivity index (χ3n) is 2.09. The fraction of sp³-hybridized carbons (Fsp3) is 0.444. The number of hydrogen-bond donors (Lipinski definition) is 1. The van der Waals surface area contributed by atoms with Gasteiger partial charge in [-0.2, -0.15) is 0 Å². The van der Waals surface area contributed by atoms with Crippen LogP contribution in [0.3, 0.4) is 0 Å². The molecule has 1 aliphatic rings. The molecule has 6 nitrogen and oxygen atoms in total. The molecule has 0 bridgehead atoms. The molecule has 0 saturated heterocycles. The van der Waals surface area contributed by atoms with E-state index in [4.69, 9.17) is 9.84 Å². The minimum Gasteiger partial charge on any atom is -0.479 e. The van der Waals surface area contributed by atoms with Gasteiger partial charge in [-0.25, -0.2) is 4.79 Å². The molecule has 1 atom stereocenters. The van der Waals surface area contributed by atoms with Crippen molar-refractivity contribution in [3.05, 3.63) is 8.96 Å². The second-order valence-electron chi connectivity index (χ2n) is 3.24. The zero-order valence-corrected chi connectivity index (χ0v) is 11.9. The van der Waals surface area contributed by atoms with Gasteiger partial charge < -0.3 is 9.84 Å². The van der Waals surface area contributed by atoms with E-state index in [2.05, 4.69) is 31.9 Å². The van der Waals surface area contributed by atoms with Gasteiger partial charge in [0.2, 0.25) is 0 Å². The topological polar surface area (TPSA) is 83.9 Å². The number of ether oxygens (including phenoxy) is 1. The van der Waals surface area contributed by atoms with E-state index in [1.54, 1.807) is 0 Å². The number of carbonyl (C=O) groups excluding carboxylic acids is 2. The summed E-state index contributed by atoms with van der Waals surface area (Å²) in [6.07, 6.45) is -0.970. The van der Waals surface area contributed by atoms with Gasteiger partial charge in [-0.05, 0) is 38.8 Å². The maximum atomic E-state index is 11.5. The molecule has 8 heteroatoms. The fourth-order valence-electron chi connectivity index (χ4n) is 1.11. The van der Waals surface area contributed by atoms with Gasteiger partial charge in [0, 0.05) is 0 Å². The summed E-state index contributed by atoms with van der Waals surface area (Å²) in [7, 11) is 0. The highest BCUT2D eigenvalue weighted by Crippen LogP contribution is 2.28. The lowest BCUT2D eigenvalue weighted by Crippen LogP contribution is -2.35. The van der Waals surface area contributed by atoms with E-state index in [1.165, 1.54) is 6.92 Å². The van der Waals surface area contributed by atoms with Gasteiger partial charge in [0.05, 0.1) is 13.2 Å². The van der Waals surface area contributed by atoms with E-state index in [1.807, 2.05) is 0 Å². The quantitative estimate of drug-likeness (QED) is 0.725. The molecule has 0 aromatic carbocycles. The molecule has 1 N–H and O–H groups in total. The first kappa shape index (κ1) is 14.3. The summed E-state index contributed by atoms with van der Waals surface area (Å²) in [6, 6.07) is 0. The van der Waals surface area contributed by atoms with Crippen LogP contribution >= 0.6 is 31.9 Å². The Kier molecular flexibility index (Phi) is 4.84. The summed E-state index contributed by atoms with van der Waals surface area (Å²) in [5.41, 5.74) is 0. The molecule has 0 saturated carbocycles. The number of carboxylic acids is 1. The van der Waals surface area contributed by atoms with Crippen LogP contribution in [0.25, 0.3) is 0 Å². The molecule has 0 aliphatic carbocycles. The Bertz CT molecular complexity index is 382. The smallest absolute Gasteiger partial charge is 0.332 e. The number of carboxylic acid groups (broad SMARTS) is 1. The summed E-state index contributed by atoms with van der Waals surface area (Å²) in [5, 5.41) is 8.57. The Balaban J connectivity index is 2.48. The van der Waals surface area contributed by atoms with Crippen molar-refractivity contribution < 1.29 is 24.2 Å². The number of halogens is 2. The number of imide groups is 1. The van der Waals surface area contributed by atoms with E-state index in [0.29, 0.717) is 0 Å². The second kappa shape index (κ2) is 5.74. The third kappa shape index (κ3) is 3.14. The summed E-state index contributed by atoms with van der Waals surface area (Å²) in [4.78, 5) is 34.5. The normalized spacial score (nSPS) is 17.9. The SMILES string of the molecule is CC(OCCN1C(=O)C(Br)=C(Br)C1=O)C(=O)O. The van der Waals surface area contributed by atoms with Gasteiger partial charge in [-0.3, -0.25) is 14.5 Å². The van der Waals surface area contributed by atoms with Crippen LogP contribution in [0.5, 0.6) is 0 Å². The Morgan fingerprint density at radius 3 is 2.24 bits per heavy atom. The van der Waals surface area contributed by atoms with Crippen LogP contribution in [0.1, 0.15) is 6.92 Å². The van der Waals surface area contributed by atoms with Crippen molar-refractivity contribution in [2.24, 2.45) is 0 Å². The van der Waals surface area contributed by atoms with E-state index in [9.17, 15) is 14.4 Å². The fourth-order valence-corrected chi connectivity index (χ4v) is 1.88. The highest BCUT2D eigenvalue weighted by Gasteiger charge is 2.35. The average Bonchev–Trinajstić information content (AvgIpc) is 2.46. The standard InChI is InChI=1S/C9H9Br2NO5/c1-4(9(15)16)17-3-2-12-7(13)5(10)6(11)8(12)14/h4H,2-3H2,1H3,(H,15,16). The van der Waals surface area contributed by atoms with E-state index >= 15 is 0 Å². The Morgan fingerprint density at radius 1 is 1.35 bits per heavy atom. The van der Waals surface area contributed by atoms with Crippen molar-refractivity contribution in [3.63, 3.8) is 0 Å². The first-order valence-electron chi connectivity index (χ1n) is 4.62. The molecule has 17 heavy (non-hydrogen) atoms. The maximum Gasteiger partial charge on any atom is 0.332 e. The number of aliphatic carboxylic acids is 1. The van der Waals surface area contributed by atoms with Crippen LogP contribution in [0, 0.1) is 0 Å². The minimum atomic E-state index is -1.09. The highest BCUT2D eigenvalue weighted by molar-refractivity contribution is 9.14. The molecule has 94 valence electrons. The predicted molar refractivity (Wildman–Crippen MR) is 64.6 cm³/mol. The lowest BCUT2D eigenvalue weighted by atomic mass is 10.4. The third-order valence-corrected chi connectivity index (χ3v) is 4.09. The Labute approximate surface area is 114 Å². The van der Waals surface area contributed by atoms with Gasteiger partial charge in [0.15, 0.2) is 6.10 Å². The van der Waals surface area contributed by atoms with Gasteiger partial charge >= 0.3 is 5.97 Å². The summed E-state index contributed by atoms with van der Waals surface area (Å²) in [5.74, 6) is -2.02. The number of carbonyl (C=O) groups is 3. The maximum absolute atomic E-state index is 11.5. The molecule has 0 aromatic rings. The zero-order chi connectivity index (χ0) is 13.2. The zero-order valence-electron chi connectivity index (χ0n) is 8.77. The van der Waals surface area contributed by atoms with Crippen LogP contribution in [-0.2, 0) is 19.1 Å². The monoisotopic (exact) mass is 369 g/mol. The van der Waals surface area contributed by atoms with Crippen molar-refractivity contribution in [3.8, 4) is 0 Å². The van der Waals surface area contributed by atoms with Crippen LogP contribution in [0.2, 0.25) is 0 Å². The molecule has 1 heterocycles. The van der Waals surface area contributed by atoms with Crippen molar-refractivity contribution in [2.45, 2.75) is 13.0 Å². The molecule has 1 rings (SSSR count). The largest absolute Gasteiger partial charge is 0.479 e. The first-order valence-corrected chi connectivity index (χ1v) is 6.20. The Hall–Kier alpha value is -0.730.